The van der Waals surface area contributed by atoms with Crippen molar-refractivity contribution in [3.8, 4) is 11.1 Å². The third-order valence-corrected chi connectivity index (χ3v) is 6.24. The zero-order chi connectivity index (χ0) is 18.1. The monoisotopic (exact) mass is 373 g/mol. The second-order valence-corrected chi connectivity index (χ2v) is 8.38. The van der Waals surface area contributed by atoms with Crippen molar-refractivity contribution in [2.75, 3.05) is 24.2 Å². The largest absolute Gasteiger partial charge is 0.338 e. The number of nitrogens with one attached hydrogen (secondary N) is 2. The number of H-pyrrole nitrogens is 1. The van der Waals surface area contributed by atoms with Gasteiger partial charge in [0.15, 0.2) is 0 Å². The molecule has 0 bridgehead atoms. The molecule has 26 heavy (non-hydrogen) atoms. The van der Waals surface area contributed by atoms with E-state index < -0.39 is 10.0 Å². The topological polar surface area (TPSA) is 109 Å². The Balaban J connectivity index is 1.47. The second kappa shape index (κ2) is 6.54. The number of sulfonamides is 1. The molecular formula is C16H19N7O2S. The first-order valence-electron chi connectivity index (χ1n) is 8.29. The van der Waals surface area contributed by atoms with Crippen LogP contribution in [0.1, 0.15) is 13.0 Å². The molecule has 0 amide bonds. The molecule has 0 unspecified atom stereocenters. The summed E-state index contributed by atoms with van der Waals surface area (Å²) in [4.78, 5) is 4.30. The summed E-state index contributed by atoms with van der Waals surface area (Å²) in [6.07, 6.45) is 8.89. The van der Waals surface area contributed by atoms with E-state index in [-0.39, 0.29) is 11.8 Å². The Morgan fingerprint density at radius 2 is 2.15 bits per heavy atom. The molecule has 4 heterocycles. The first-order valence-corrected chi connectivity index (χ1v) is 9.90. The van der Waals surface area contributed by atoms with E-state index in [0.717, 1.165) is 16.8 Å². The minimum absolute atomic E-state index is 0.0791. The Labute approximate surface area is 151 Å². The lowest BCUT2D eigenvalue weighted by Gasteiger charge is -2.37. The molecule has 0 radical (unpaired) electrons. The van der Waals surface area contributed by atoms with Crippen LogP contribution in [0.4, 0.5) is 11.5 Å². The summed E-state index contributed by atoms with van der Waals surface area (Å²) in [6.45, 7) is 2.61. The van der Waals surface area contributed by atoms with E-state index in [9.17, 15) is 8.42 Å². The van der Waals surface area contributed by atoms with Crippen LogP contribution in [0, 0.1) is 0 Å². The van der Waals surface area contributed by atoms with Gasteiger partial charge in [0.2, 0.25) is 10.0 Å². The molecule has 3 aromatic rings. The fourth-order valence-corrected chi connectivity index (χ4v) is 3.99. The zero-order valence-electron chi connectivity index (χ0n) is 14.2. The number of anilines is 2. The van der Waals surface area contributed by atoms with Crippen molar-refractivity contribution in [1.82, 2.24) is 29.3 Å². The van der Waals surface area contributed by atoms with Crippen molar-refractivity contribution in [1.29, 1.82) is 0 Å². The third-order valence-electron chi connectivity index (χ3n) is 4.43. The molecule has 0 spiro atoms. The Kier molecular flexibility index (Phi) is 4.21. The zero-order valence-corrected chi connectivity index (χ0v) is 15.0. The molecule has 0 saturated carbocycles. The maximum absolute atomic E-state index is 11.8. The van der Waals surface area contributed by atoms with Gasteiger partial charge in [0.25, 0.3) is 0 Å². The standard InChI is InChI=1S/C16H19N7O2S/c1-2-26(24,25)22-10-15(11-22)23-9-13(6-20-23)12-3-4-17-16(5-12)21-14-7-18-19-8-14/h3-9,15H,2,10-11H2,1H3,(H,17,21)(H,18,19). The summed E-state index contributed by atoms with van der Waals surface area (Å²) in [5.74, 6) is 0.841. The molecule has 10 heteroatoms. The van der Waals surface area contributed by atoms with Gasteiger partial charge in [0.1, 0.15) is 5.82 Å². The number of rotatable bonds is 6. The number of hydrogen-bond acceptors (Lipinski definition) is 6. The predicted molar refractivity (Wildman–Crippen MR) is 97.4 cm³/mol. The van der Waals surface area contributed by atoms with Crippen molar-refractivity contribution in [3.63, 3.8) is 0 Å². The van der Waals surface area contributed by atoms with Gasteiger partial charge in [0, 0.05) is 37.2 Å². The first kappa shape index (κ1) is 16.7. The molecule has 0 atom stereocenters. The van der Waals surface area contributed by atoms with Crippen LogP contribution in [-0.2, 0) is 10.0 Å². The molecule has 1 saturated heterocycles. The van der Waals surface area contributed by atoms with Crippen molar-refractivity contribution in [2.45, 2.75) is 13.0 Å². The van der Waals surface area contributed by atoms with Gasteiger partial charge in [-0.1, -0.05) is 0 Å². The van der Waals surface area contributed by atoms with Crippen LogP contribution in [-0.4, -0.2) is 56.5 Å². The van der Waals surface area contributed by atoms with Crippen LogP contribution >= 0.6 is 0 Å². The van der Waals surface area contributed by atoms with Gasteiger partial charge in [0.05, 0.1) is 29.9 Å². The maximum Gasteiger partial charge on any atom is 0.213 e. The number of aromatic nitrogens is 5. The molecule has 3 aromatic heterocycles. The van der Waals surface area contributed by atoms with Crippen LogP contribution in [0.15, 0.2) is 43.1 Å². The highest BCUT2D eigenvalue weighted by molar-refractivity contribution is 7.89. The van der Waals surface area contributed by atoms with Gasteiger partial charge in [-0.05, 0) is 24.6 Å². The van der Waals surface area contributed by atoms with Crippen LogP contribution in [0.3, 0.4) is 0 Å². The van der Waals surface area contributed by atoms with E-state index >= 15 is 0 Å². The van der Waals surface area contributed by atoms with Crippen molar-refractivity contribution in [3.05, 3.63) is 43.1 Å². The SMILES string of the molecule is CCS(=O)(=O)N1CC(n2cc(-c3ccnc(Nc4cn[nH]c4)c3)cn2)C1. The van der Waals surface area contributed by atoms with Crippen molar-refractivity contribution < 1.29 is 8.42 Å². The maximum atomic E-state index is 11.8. The molecule has 0 aliphatic carbocycles. The van der Waals surface area contributed by atoms with Crippen LogP contribution in [0.2, 0.25) is 0 Å². The minimum atomic E-state index is -3.11. The average molecular weight is 373 g/mol. The fraction of sp³-hybridized carbons (Fsp3) is 0.312. The van der Waals surface area contributed by atoms with Crippen LogP contribution in [0.25, 0.3) is 11.1 Å². The van der Waals surface area contributed by atoms with Gasteiger partial charge in [-0.25, -0.2) is 13.4 Å². The van der Waals surface area contributed by atoms with Gasteiger partial charge in [-0.15, -0.1) is 0 Å². The number of pyridine rings is 1. The number of hydrogen-bond donors (Lipinski definition) is 2. The predicted octanol–water partition coefficient (Wildman–Crippen LogP) is 1.62. The van der Waals surface area contributed by atoms with Crippen molar-refractivity contribution in [2.24, 2.45) is 0 Å². The Bertz CT molecular complexity index is 991. The van der Waals surface area contributed by atoms with E-state index in [1.165, 1.54) is 4.31 Å². The molecule has 136 valence electrons. The Hall–Kier alpha value is -2.72. The molecule has 9 nitrogen and oxygen atoms in total. The molecule has 0 aromatic carbocycles. The van der Waals surface area contributed by atoms with E-state index in [0.29, 0.717) is 18.9 Å². The lowest BCUT2D eigenvalue weighted by atomic mass is 10.1. The van der Waals surface area contributed by atoms with Crippen LogP contribution < -0.4 is 5.32 Å². The lowest BCUT2D eigenvalue weighted by molar-refractivity contribution is 0.191. The number of nitrogens with zero attached hydrogens (tertiary/aromatic N) is 5. The van der Waals surface area contributed by atoms with Gasteiger partial charge in [-0.2, -0.15) is 14.5 Å². The quantitative estimate of drug-likeness (QED) is 0.680. The third kappa shape index (κ3) is 3.20. The summed E-state index contributed by atoms with van der Waals surface area (Å²) in [7, 11) is -3.11. The van der Waals surface area contributed by atoms with E-state index in [1.54, 1.807) is 31.7 Å². The lowest BCUT2D eigenvalue weighted by Crippen LogP contribution is -2.51. The summed E-state index contributed by atoms with van der Waals surface area (Å²) < 4.78 is 27.0. The molecule has 1 aliphatic heterocycles. The van der Waals surface area contributed by atoms with Crippen molar-refractivity contribution >= 4 is 21.5 Å². The molecule has 1 aliphatic rings. The highest BCUT2D eigenvalue weighted by Gasteiger charge is 2.36. The Morgan fingerprint density at radius 3 is 2.88 bits per heavy atom. The summed E-state index contributed by atoms with van der Waals surface area (Å²) in [5, 5.41) is 14.2. The van der Waals surface area contributed by atoms with Gasteiger partial charge >= 0.3 is 0 Å². The molecule has 4 rings (SSSR count). The molecule has 2 N–H and O–H groups in total. The normalized spacial score (nSPS) is 15.7. The van der Waals surface area contributed by atoms with Gasteiger partial charge in [-0.3, -0.25) is 9.78 Å². The van der Waals surface area contributed by atoms with E-state index in [1.807, 2.05) is 23.0 Å². The average Bonchev–Trinajstić information content (AvgIpc) is 3.26. The highest BCUT2D eigenvalue weighted by Crippen LogP contribution is 2.27. The van der Waals surface area contributed by atoms with E-state index in [2.05, 4.69) is 25.6 Å². The van der Waals surface area contributed by atoms with Gasteiger partial charge < -0.3 is 5.32 Å². The summed E-state index contributed by atoms with van der Waals surface area (Å²) in [5.41, 5.74) is 2.77. The highest BCUT2D eigenvalue weighted by atomic mass is 32.2. The number of aromatic amines is 1. The fourth-order valence-electron chi connectivity index (χ4n) is 2.83. The molecule has 1 fully saturated rings. The second-order valence-electron chi connectivity index (χ2n) is 6.12. The van der Waals surface area contributed by atoms with E-state index in [4.69, 9.17) is 0 Å². The Morgan fingerprint density at radius 1 is 1.31 bits per heavy atom. The van der Waals surface area contributed by atoms with Crippen LogP contribution in [0.5, 0.6) is 0 Å². The summed E-state index contributed by atoms with van der Waals surface area (Å²) in [6, 6.07) is 3.93. The minimum Gasteiger partial charge on any atom is -0.338 e. The first-order chi connectivity index (χ1) is 12.5. The smallest absolute Gasteiger partial charge is 0.213 e. The summed E-state index contributed by atoms with van der Waals surface area (Å²) >= 11 is 0. The molecular weight excluding hydrogens is 354 g/mol.